The highest BCUT2D eigenvalue weighted by molar-refractivity contribution is 6.51. The number of Topliss-reactive ketones (excluding diaryl/α,β-unsaturated/α-hetero) is 1. The van der Waals surface area contributed by atoms with Crippen LogP contribution in [0.2, 0.25) is 0 Å². The smallest absolute Gasteiger partial charge is 0.300 e. The van der Waals surface area contributed by atoms with Gasteiger partial charge in [-0.05, 0) is 80.3 Å². The Kier molecular flexibility index (Phi) is 5.77. The summed E-state index contributed by atoms with van der Waals surface area (Å²) >= 11 is 0. The number of amides is 1. The van der Waals surface area contributed by atoms with Gasteiger partial charge in [0.05, 0.1) is 18.7 Å². The molecule has 0 aliphatic carbocycles. The van der Waals surface area contributed by atoms with Crippen LogP contribution < -0.4 is 9.64 Å². The number of ether oxygens (including phenoxy) is 1. The van der Waals surface area contributed by atoms with E-state index in [0.29, 0.717) is 22.6 Å². The molecule has 1 amide bonds. The molecule has 0 spiro atoms. The van der Waals surface area contributed by atoms with E-state index in [2.05, 4.69) is 4.98 Å². The molecule has 2 heterocycles. The molecule has 1 saturated heterocycles. The predicted octanol–water partition coefficient (Wildman–Crippen LogP) is 4.95. The van der Waals surface area contributed by atoms with Crippen LogP contribution in [-0.2, 0) is 9.59 Å². The quantitative estimate of drug-likeness (QED) is 0.351. The van der Waals surface area contributed by atoms with Gasteiger partial charge in [-0.2, -0.15) is 0 Å². The highest BCUT2D eigenvalue weighted by Gasteiger charge is 2.47. The maximum Gasteiger partial charge on any atom is 0.300 e. The lowest BCUT2D eigenvalue weighted by atomic mass is 9.93. The second kappa shape index (κ2) is 8.54. The molecule has 1 aliphatic rings. The number of benzene rings is 2. The fraction of sp³-hybridized carbons (Fsp3) is 0.222. The third-order valence-electron chi connectivity index (χ3n) is 6.08. The standard InChI is InChI=1S/C27H26N2O4/c1-15-6-7-21(17(3)12-15)29-24(19-8-10-28-11-9-19)23(26(31)27(29)32)25(30)20-13-18(4)22(33-5)14-16(20)2/h6-14,24,30H,1-5H3/b25-23+. The van der Waals surface area contributed by atoms with Crippen molar-refractivity contribution in [1.29, 1.82) is 0 Å². The molecule has 0 radical (unpaired) electrons. The number of nitrogens with zero attached hydrogens (tertiary/aromatic N) is 2. The van der Waals surface area contributed by atoms with E-state index in [-0.39, 0.29) is 11.3 Å². The minimum absolute atomic E-state index is 0.0545. The summed E-state index contributed by atoms with van der Waals surface area (Å²) < 4.78 is 5.38. The second-order valence-electron chi connectivity index (χ2n) is 8.38. The van der Waals surface area contributed by atoms with Crippen LogP contribution in [0.3, 0.4) is 0 Å². The van der Waals surface area contributed by atoms with E-state index < -0.39 is 17.7 Å². The van der Waals surface area contributed by atoms with Crippen molar-refractivity contribution >= 4 is 23.1 Å². The highest BCUT2D eigenvalue weighted by atomic mass is 16.5. The molecule has 168 valence electrons. The fourth-order valence-electron chi connectivity index (χ4n) is 4.43. The van der Waals surface area contributed by atoms with Gasteiger partial charge >= 0.3 is 0 Å². The number of carbonyl (C=O) groups is 2. The number of carbonyl (C=O) groups excluding carboxylic acids is 2. The van der Waals surface area contributed by atoms with E-state index >= 15 is 0 Å². The van der Waals surface area contributed by atoms with Gasteiger partial charge < -0.3 is 9.84 Å². The lowest BCUT2D eigenvalue weighted by Gasteiger charge is -2.27. The molecule has 1 aliphatic heterocycles. The van der Waals surface area contributed by atoms with Gasteiger partial charge in [0.25, 0.3) is 11.7 Å². The third kappa shape index (κ3) is 3.78. The average Bonchev–Trinajstić information content (AvgIpc) is 3.06. The molecule has 1 aromatic heterocycles. The highest BCUT2D eigenvalue weighted by Crippen LogP contribution is 2.43. The monoisotopic (exact) mass is 442 g/mol. The number of methoxy groups -OCH3 is 1. The number of aryl methyl sites for hydroxylation is 4. The largest absolute Gasteiger partial charge is 0.507 e. The van der Waals surface area contributed by atoms with Crippen molar-refractivity contribution in [2.24, 2.45) is 0 Å². The SMILES string of the molecule is COc1cc(C)c(/C(O)=C2\C(=O)C(=O)N(c3ccc(C)cc3C)C2c2ccncc2)cc1C. The molecule has 33 heavy (non-hydrogen) atoms. The summed E-state index contributed by atoms with van der Waals surface area (Å²) in [4.78, 5) is 32.2. The topological polar surface area (TPSA) is 79.7 Å². The third-order valence-corrected chi connectivity index (χ3v) is 6.08. The summed E-state index contributed by atoms with van der Waals surface area (Å²) in [7, 11) is 1.58. The summed E-state index contributed by atoms with van der Waals surface area (Å²) in [6.45, 7) is 7.57. The number of rotatable bonds is 4. The van der Waals surface area contributed by atoms with Crippen molar-refractivity contribution in [3.05, 3.63) is 93.8 Å². The molecule has 6 heteroatoms. The van der Waals surface area contributed by atoms with Crippen molar-refractivity contribution < 1.29 is 19.4 Å². The summed E-state index contributed by atoms with van der Waals surface area (Å²) in [6, 6.07) is 12.0. The van der Waals surface area contributed by atoms with Crippen molar-refractivity contribution in [3.8, 4) is 5.75 Å². The predicted molar refractivity (Wildman–Crippen MR) is 127 cm³/mol. The van der Waals surface area contributed by atoms with Gasteiger partial charge in [-0.15, -0.1) is 0 Å². The van der Waals surface area contributed by atoms with Crippen LogP contribution >= 0.6 is 0 Å². The number of pyridine rings is 1. The number of aliphatic hydroxyl groups excluding tert-OH is 1. The summed E-state index contributed by atoms with van der Waals surface area (Å²) in [5, 5.41) is 11.4. The van der Waals surface area contributed by atoms with Crippen LogP contribution in [-0.4, -0.2) is 28.9 Å². The van der Waals surface area contributed by atoms with Gasteiger partial charge in [-0.25, -0.2) is 0 Å². The molecule has 1 unspecified atom stereocenters. The van der Waals surface area contributed by atoms with Crippen molar-refractivity contribution in [2.45, 2.75) is 33.7 Å². The molecule has 0 saturated carbocycles. The van der Waals surface area contributed by atoms with Gasteiger partial charge in [-0.1, -0.05) is 17.7 Å². The molecule has 2 aromatic carbocycles. The molecule has 1 fully saturated rings. The second-order valence-corrected chi connectivity index (χ2v) is 8.38. The Labute approximate surface area is 193 Å². The lowest BCUT2D eigenvalue weighted by molar-refractivity contribution is -0.132. The molecule has 1 N–H and O–H groups in total. The number of hydrogen-bond acceptors (Lipinski definition) is 5. The van der Waals surface area contributed by atoms with Crippen molar-refractivity contribution in [2.75, 3.05) is 12.0 Å². The zero-order valence-corrected chi connectivity index (χ0v) is 19.3. The zero-order chi connectivity index (χ0) is 23.9. The van der Waals surface area contributed by atoms with E-state index in [1.807, 2.05) is 52.0 Å². The first-order valence-electron chi connectivity index (χ1n) is 10.7. The molecule has 3 aromatic rings. The van der Waals surface area contributed by atoms with Gasteiger partial charge in [-0.3, -0.25) is 19.5 Å². The van der Waals surface area contributed by atoms with E-state index in [4.69, 9.17) is 4.74 Å². The minimum Gasteiger partial charge on any atom is -0.507 e. The Balaban J connectivity index is 1.98. The van der Waals surface area contributed by atoms with Crippen molar-refractivity contribution in [1.82, 2.24) is 4.98 Å². The van der Waals surface area contributed by atoms with Crippen LogP contribution in [0.1, 0.15) is 39.4 Å². The molecule has 0 bridgehead atoms. The summed E-state index contributed by atoms with van der Waals surface area (Å²) in [5.74, 6) is -0.911. The Hall–Kier alpha value is -3.93. The Morgan fingerprint density at radius 2 is 1.64 bits per heavy atom. The summed E-state index contributed by atoms with van der Waals surface area (Å²) in [6.07, 6.45) is 3.22. The number of aromatic nitrogens is 1. The van der Waals surface area contributed by atoms with Gasteiger partial charge in [0, 0.05) is 23.6 Å². The van der Waals surface area contributed by atoms with Crippen LogP contribution in [0.5, 0.6) is 5.75 Å². The Morgan fingerprint density at radius 3 is 2.27 bits per heavy atom. The lowest BCUT2D eigenvalue weighted by Crippen LogP contribution is -2.30. The first-order chi connectivity index (χ1) is 15.7. The number of anilines is 1. The van der Waals surface area contributed by atoms with Crippen LogP contribution in [0.25, 0.3) is 5.76 Å². The van der Waals surface area contributed by atoms with Gasteiger partial charge in [0.1, 0.15) is 11.5 Å². The van der Waals surface area contributed by atoms with E-state index in [9.17, 15) is 14.7 Å². The van der Waals surface area contributed by atoms with Crippen molar-refractivity contribution in [3.63, 3.8) is 0 Å². The molecule has 6 nitrogen and oxygen atoms in total. The number of ketones is 1. The molecular weight excluding hydrogens is 416 g/mol. The zero-order valence-electron chi connectivity index (χ0n) is 19.3. The number of aliphatic hydroxyl groups is 1. The van der Waals surface area contributed by atoms with E-state index in [1.165, 1.54) is 4.90 Å². The van der Waals surface area contributed by atoms with Crippen LogP contribution in [0, 0.1) is 27.7 Å². The fourth-order valence-corrected chi connectivity index (χ4v) is 4.43. The van der Waals surface area contributed by atoms with Crippen LogP contribution in [0.15, 0.2) is 60.4 Å². The normalized spacial score (nSPS) is 17.5. The average molecular weight is 443 g/mol. The maximum atomic E-state index is 13.3. The number of hydrogen-bond donors (Lipinski definition) is 1. The molecular formula is C27H26N2O4. The molecule has 1 atom stereocenters. The maximum absolute atomic E-state index is 13.3. The summed E-state index contributed by atoms with van der Waals surface area (Å²) in [5.41, 5.74) is 5.34. The van der Waals surface area contributed by atoms with Gasteiger partial charge in [0.2, 0.25) is 0 Å². The van der Waals surface area contributed by atoms with Crippen LogP contribution in [0.4, 0.5) is 5.69 Å². The first kappa shape index (κ1) is 22.3. The molecule has 4 rings (SSSR count). The Bertz CT molecular complexity index is 1290. The van der Waals surface area contributed by atoms with E-state index in [1.54, 1.807) is 37.7 Å². The Morgan fingerprint density at radius 1 is 0.939 bits per heavy atom. The van der Waals surface area contributed by atoms with Gasteiger partial charge in [0.15, 0.2) is 0 Å². The van der Waals surface area contributed by atoms with E-state index in [0.717, 1.165) is 22.3 Å². The minimum atomic E-state index is -0.781. The first-order valence-corrected chi connectivity index (χ1v) is 10.7.